The highest BCUT2D eigenvalue weighted by Gasteiger charge is 2.41. The fourth-order valence-electron chi connectivity index (χ4n) is 9.72. The molecule has 2 heterocycles. The number of likely N-dealkylation sites (tertiary alicyclic amines) is 2. The van der Waals surface area contributed by atoms with E-state index in [1.807, 2.05) is 24.3 Å². The van der Waals surface area contributed by atoms with E-state index < -0.39 is 36.3 Å². The average Bonchev–Trinajstić information content (AvgIpc) is 4.05. The van der Waals surface area contributed by atoms with Gasteiger partial charge in [-0.1, -0.05) is 61.4 Å². The molecule has 6 amide bonds. The molecule has 8 atom stereocenters. The van der Waals surface area contributed by atoms with Crippen molar-refractivity contribution in [2.75, 3.05) is 53.6 Å². The van der Waals surface area contributed by atoms with Crippen molar-refractivity contribution in [1.29, 1.82) is 0 Å². The third-order valence-electron chi connectivity index (χ3n) is 13.8. The Balaban J connectivity index is 0.942. The van der Waals surface area contributed by atoms with Gasteiger partial charge in [-0.05, 0) is 127 Å². The summed E-state index contributed by atoms with van der Waals surface area (Å²) in [5.41, 5.74) is 4.76. The molecule has 2 aliphatic carbocycles. The maximum atomic E-state index is 14.0. The van der Waals surface area contributed by atoms with Gasteiger partial charge in [0.1, 0.15) is 24.2 Å². The topological polar surface area (TPSA) is 200 Å². The molecule has 2 unspecified atom stereocenters. The molecule has 66 heavy (non-hydrogen) atoms. The minimum absolute atomic E-state index is 0.0215. The van der Waals surface area contributed by atoms with Gasteiger partial charge in [0.15, 0.2) is 0 Å². The van der Waals surface area contributed by atoms with Crippen LogP contribution in [0.1, 0.15) is 125 Å². The minimum Gasteiger partial charge on any atom is -0.379 e. The third-order valence-corrected chi connectivity index (χ3v) is 13.8. The normalized spacial score (nSPS) is 22.0. The van der Waals surface area contributed by atoms with Gasteiger partial charge in [0.05, 0.1) is 37.4 Å². The van der Waals surface area contributed by atoms with Crippen LogP contribution < -0.4 is 31.9 Å². The predicted molar refractivity (Wildman–Crippen MR) is 251 cm³/mol. The number of nitrogens with zero attached hydrogens (tertiary/aromatic N) is 2. The molecule has 2 aliphatic heterocycles. The number of fused-ring (bicyclic) bond motifs is 2. The van der Waals surface area contributed by atoms with Crippen LogP contribution in [-0.4, -0.2) is 135 Å². The summed E-state index contributed by atoms with van der Waals surface area (Å²) < 4.78 is 12.0. The molecule has 16 heteroatoms. The summed E-state index contributed by atoms with van der Waals surface area (Å²) in [5.74, 6) is -1.65. The van der Waals surface area contributed by atoms with Crippen LogP contribution >= 0.6 is 0 Å². The number of likely N-dealkylation sites (N-methyl/N-ethyl adjacent to an activating group) is 2. The number of nitrogens with one attached hydrogen (secondary N) is 6. The molecule has 362 valence electrons. The number of hydrogen-bond donors (Lipinski definition) is 6. The number of rotatable bonds is 23. The Morgan fingerprint density at radius 2 is 0.985 bits per heavy atom. The van der Waals surface area contributed by atoms with Gasteiger partial charge in [-0.3, -0.25) is 28.8 Å². The molecular formula is C50H74N8O8. The molecular weight excluding hydrogens is 841 g/mol. The highest BCUT2D eigenvalue weighted by atomic mass is 16.5. The zero-order valence-electron chi connectivity index (χ0n) is 39.5. The summed E-state index contributed by atoms with van der Waals surface area (Å²) >= 11 is 0. The Bertz CT molecular complexity index is 1830. The van der Waals surface area contributed by atoms with Crippen LogP contribution in [0.5, 0.6) is 0 Å². The quantitative estimate of drug-likeness (QED) is 0.0902. The molecule has 0 aromatic heterocycles. The van der Waals surface area contributed by atoms with E-state index in [1.165, 1.54) is 11.1 Å². The molecule has 2 aromatic carbocycles. The zero-order chi connectivity index (χ0) is 47.0. The maximum Gasteiger partial charge on any atom is 0.248 e. The van der Waals surface area contributed by atoms with Crippen molar-refractivity contribution in [2.45, 2.75) is 152 Å². The van der Waals surface area contributed by atoms with Crippen molar-refractivity contribution in [3.63, 3.8) is 0 Å². The molecule has 0 bridgehead atoms. The summed E-state index contributed by atoms with van der Waals surface area (Å²) in [7, 11) is 3.36. The Labute approximate surface area is 390 Å². The number of ether oxygens (including phenoxy) is 2. The van der Waals surface area contributed by atoms with Gasteiger partial charge in [-0.25, -0.2) is 0 Å². The Kier molecular flexibility index (Phi) is 19.4. The number of unbranched alkanes of at least 4 members (excludes halogenated alkanes) is 3. The van der Waals surface area contributed by atoms with E-state index in [0.717, 1.165) is 62.5 Å². The Hall–Kier alpha value is -4.90. The van der Waals surface area contributed by atoms with E-state index in [9.17, 15) is 28.8 Å². The van der Waals surface area contributed by atoms with E-state index in [1.54, 1.807) is 37.7 Å². The summed E-state index contributed by atoms with van der Waals surface area (Å²) in [6.07, 6.45) is 11.2. The summed E-state index contributed by atoms with van der Waals surface area (Å²) in [6.45, 7) is 4.99. The van der Waals surface area contributed by atoms with Crippen LogP contribution in [0.25, 0.3) is 0 Å². The highest BCUT2D eigenvalue weighted by Crippen LogP contribution is 2.32. The SMILES string of the molecule is CN[C@@H](C)C(=O)N[C@@H](COCCCCCCOC[C@H](NC(=O)[C@H](C)NC)C(=O)N1CCCC1C(=O)N[C@@H]1CCCc2ccccc21)C(=O)N1CCCC1C(=O)N[C@@H]1CCCc2ccccc21. The van der Waals surface area contributed by atoms with E-state index in [-0.39, 0.29) is 60.7 Å². The predicted octanol–water partition coefficient (Wildman–Crippen LogP) is 3.14. The second kappa shape index (κ2) is 25.3. The lowest BCUT2D eigenvalue weighted by molar-refractivity contribution is -0.143. The number of amides is 6. The van der Waals surface area contributed by atoms with Crippen molar-refractivity contribution in [2.24, 2.45) is 0 Å². The summed E-state index contributed by atoms with van der Waals surface area (Å²) in [5, 5.41) is 18.0. The fraction of sp³-hybridized carbons (Fsp3) is 0.640. The van der Waals surface area contributed by atoms with E-state index in [4.69, 9.17) is 9.47 Å². The first-order valence-corrected chi connectivity index (χ1v) is 24.5. The van der Waals surface area contributed by atoms with Crippen molar-refractivity contribution in [1.82, 2.24) is 41.7 Å². The van der Waals surface area contributed by atoms with Gasteiger partial charge in [0.25, 0.3) is 0 Å². The first-order chi connectivity index (χ1) is 32.0. The molecule has 0 radical (unpaired) electrons. The summed E-state index contributed by atoms with van der Waals surface area (Å²) in [4.78, 5) is 84.6. The second-order valence-electron chi connectivity index (χ2n) is 18.4. The Morgan fingerprint density at radius 3 is 1.39 bits per heavy atom. The highest BCUT2D eigenvalue weighted by molar-refractivity contribution is 5.94. The van der Waals surface area contributed by atoms with Crippen LogP contribution in [0.15, 0.2) is 48.5 Å². The van der Waals surface area contributed by atoms with Crippen LogP contribution in [0.4, 0.5) is 0 Å². The van der Waals surface area contributed by atoms with Gasteiger partial charge < -0.3 is 51.2 Å². The Morgan fingerprint density at radius 1 is 0.576 bits per heavy atom. The molecule has 6 rings (SSSR count). The van der Waals surface area contributed by atoms with Crippen LogP contribution in [0, 0.1) is 0 Å². The van der Waals surface area contributed by atoms with E-state index >= 15 is 0 Å². The van der Waals surface area contributed by atoms with Gasteiger partial charge in [-0.2, -0.15) is 0 Å². The van der Waals surface area contributed by atoms with E-state index in [0.29, 0.717) is 64.8 Å². The van der Waals surface area contributed by atoms with Gasteiger partial charge in [-0.15, -0.1) is 0 Å². The number of carbonyl (C=O) groups excluding carboxylic acids is 6. The molecule has 0 saturated carbocycles. The molecule has 4 aliphatic rings. The average molecular weight is 915 g/mol. The van der Waals surface area contributed by atoms with Crippen molar-refractivity contribution in [3.8, 4) is 0 Å². The van der Waals surface area contributed by atoms with Crippen LogP contribution in [-0.2, 0) is 51.1 Å². The lowest BCUT2D eigenvalue weighted by Crippen LogP contribution is -2.57. The van der Waals surface area contributed by atoms with Crippen molar-refractivity contribution in [3.05, 3.63) is 70.8 Å². The second-order valence-corrected chi connectivity index (χ2v) is 18.4. The lowest BCUT2D eigenvalue weighted by Gasteiger charge is -2.32. The van der Waals surface area contributed by atoms with Gasteiger partial charge in [0.2, 0.25) is 35.4 Å². The number of aryl methyl sites for hydroxylation is 2. The van der Waals surface area contributed by atoms with Crippen molar-refractivity contribution >= 4 is 35.4 Å². The smallest absolute Gasteiger partial charge is 0.248 e. The van der Waals surface area contributed by atoms with Crippen molar-refractivity contribution < 1.29 is 38.2 Å². The van der Waals surface area contributed by atoms with Gasteiger partial charge >= 0.3 is 0 Å². The molecule has 2 aromatic rings. The minimum atomic E-state index is -0.947. The zero-order valence-corrected chi connectivity index (χ0v) is 39.5. The molecule has 2 saturated heterocycles. The fourth-order valence-corrected chi connectivity index (χ4v) is 9.72. The molecule has 2 fully saturated rings. The lowest BCUT2D eigenvalue weighted by atomic mass is 9.87. The molecule has 6 N–H and O–H groups in total. The largest absolute Gasteiger partial charge is 0.379 e. The number of hydrogen-bond acceptors (Lipinski definition) is 10. The number of carbonyl (C=O) groups is 6. The van der Waals surface area contributed by atoms with E-state index in [2.05, 4.69) is 56.2 Å². The third kappa shape index (κ3) is 13.4. The first-order valence-electron chi connectivity index (χ1n) is 24.5. The van der Waals surface area contributed by atoms with Gasteiger partial charge in [0, 0.05) is 26.3 Å². The summed E-state index contributed by atoms with van der Waals surface area (Å²) in [6, 6.07) is 12.0. The standard InChI is InChI=1S/C50H74N8O8/c1-33(51-3)45(59)55-41(49(63)57-27-15-25-43(57)47(61)53-39-23-13-19-35-17-7-9-21-37(35)39)31-65-29-11-5-6-12-30-66-32-42(56-46(60)34(2)52-4)50(64)58-28-16-26-44(58)48(62)54-40-24-14-20-36-18-8-10-22-38(36)40/h7-10,17-18,21-22,33-34,39-44,51-52H,5-6,11-16,19-20,23-32H2,1-4H3,(H,53,61)(H,54,62)(H,55,59)(H,56,60)/t33-,34-,39+,40+,41-,42-,43?,44?/m0/s1. The molecule has 16 nitrogen and oxygen atoms in total. The first kappa shape index (κ1) is 50.5. The van der Waals surface area contributed by atoms with Crippen LogP contribution in [0.2, 0.25) is 0 Å². The molecule has 0 spiro atoms. The van der Waals surface area contributed by atoms with Crippen LogP contribution in [0.3, 0.4) is 0 Å². The monoisotopic (exact) mass is 915 g/mol. The maximum absolute atomic E-state index is 14.0. The number of benzene rings is 2.